The number of nitrogens with two attached hydrogens (primary N) is 1. The molecule has 19 heavy (non-hydrogen) atoms. The first-order chi connectivity index (χ1) is 9.11. The molecule has 0 aliphatic carbocycles. The minimum Gasteiger partial charge on any atom is -0.271 e. The molecule has 1 unspecified atom stereocenters. The fraction of sp³-hybridized carbons (Fsp3) is 0.312. The molecule has 100 valence electrons. The van der Waals surface area contributed by atoms with E-state index in [1.807, 2.05) is 32.0 Å². The Morgan fingerprint density at radius 2 is 2.16 bits per heavy atom. The Hall–Kier alpha value is -1.71. The van der Waals surface area contributed by atoms with Crippen LogP contribution in [0.3, 0.4) is 0 Å². The molecule has 2 rings (SSSR count). The normalized spacial score (nSPS) is 12.6. The third-order valence-corrected chi connectivity index (χ3v) is 3.31. The Kier molecular flexibility index (Phi) is 4.30. The molecule has 0 aliphatic heterocycles. The van der Waals surface area contributed by atoms with Gasteiger partial charge in [0.2, 0.25) is 0 Å². The van der Waals surface area contributed by atoms with Gasteiger partial charge in [0.25, 0.3) is 0 Å². The zero-order chi connectivity index (χ0) is 13.8. The van der Waals surface area contributed by atoms with E-state index >= 15 is 0 Å². The first kappa shape index (κ1) is 13.7. The van der Waals surface area contributed by atoms with E-state index in [0.717, 1.165) is 29.4 Å². The number of hydrazine groups is 1. The minimum absolute atomic E-state index is 0.128. The quantitative estimate of drug-likeness (QED) is 0.489. The van der Waals surface area contributed by atoms with Crippen molar-refractivity contribution in [2.24, 2.45) is 5.84 Å². The number of aromatic nitrogens is 1. The van der Waals surface area contributed by atoms with E-state index in [2.05, 4.69) is 29.1 Å². The number of hydrogen-bond acceptors (Lipinski definition) is 3. The highest BCUT2D eigenvalue weighted by atomic mass is 15.2. The number of rotatable bonds is 5. The largest absolute Gasteiger partial charge is 0.271 e. The zero-order valence-corrected chi connectivity index (χ0v) is 11.6. The van der Waals surface area contributed by atoms with Gasteiger partial charge in [0, 0.05) is 17.1 Å². The molecule has 0 bridgehead atoms. The molecular formula is C16H21N3. The van der Waals surface area contributed by atoms with Gasteiger partial charge in [-0.05, 0) is 44.4 Å². The fourth-order valence-electron chi connectivity index (χ4n) is 2.35. The SMILES string of the molecule is C=C(C)CCC(NN)c1cc(C)nc2ccccc12. The number of fused-ring (bicyclic) bond motifs is 1. The average molecular weight is 255 g/mol. The van der Waals surface area contributed by atoms with Crippen LogP contribution in [0, 0.1) is 6.92 Å². The van der Waals surface area contributed by atoms with Gasteiger partial charge in [0.15, 0.2) is 0 Å². The van der Waals surface area contributed by atoms with Crippen molar-refractivity contribution >= 4 is 10.9 Å². The van der Waals surface area contributed by atoms with Crippen molar-refractivity contribution in [3.05, 3.63) is 53.7 Å². The molecule has 0 amide bonds. The second kappa shape index (κ2) is 5.95. The van der Waals surface area contributed by atoms with E-state index in [4.69, 9.17) is 5.84 Å². The lowest BCUT2D eigenvalue weighted by Gasteiger charge is -2.19. The highest BCUT2D eigenvalue weighted by molar-refractivity contribution is 5.82. The molecule has 0 fully saturated rings. The number of nitrogens with one attached hydrogen (secondary N) is 1. The van der Waals surface area contributed by atoms with E-state index in [0.29, 0.717) is 0 Å². The predicted octanol–water partition coefficient (Wildman–Crippen LogP) is 3.40. The Balaban J connectivity index is 2.43. The van der Waals surface area contributed by atoms with Crippen molar-refractivity contribution in [3.8, 4) is 0 Å². The lowest BCUT2D eigenvalue weighted by atomic mass is 9.96. The summed E-state index contributed by atoms with van der Waals surface area (Å²) in [5.74, 6) is 5.73. The van der Waals surface area contributed by atoms with Gasteiger partial charge in [0.05, 0.1) is 5.52 Å². The lowest BCUT2D eigenvalue weighted by Crippen LogP contribution is -2.28. The molecule has 1 aromatic heterocycles. The fourth-order valence-corrected chi connectivity index (χ4v) is 2.35. The molecule has 0 aliphatic rings. The molecule has 3 nitrogen and oxygen atoms in total. The molecule has 2 aromatic rings. The van der Waals surface area contributed by atoms with E-state index in [-0.39, 0.29) is 6.04 Å². The van der Waals surface area contributed by atoms with Crippen molar-refractivity contribution in [2.75, 3.05) is 0 Å². The van der Waals surface area contributed by atoms with Gasteiger partial charge in [-0.2, -0.15) is 0 Å². The van der Waals surface area contributed by atoms with Crippen LogP contribution in [-0.2, 0) is 0 Å². The van der Waals surface area contributed by atoms with Crippen LogP contribution in [0.2, 0.25) is 0 Å². The molecule has 0 radical (unpaired) electrons. The molecule has 1 aromatic carbocycles. The highest BCUT2D eigenvalue weighted by Crippen LogP contribution is 2.27. The van der Waals surface area contributed by atoms with Crippen LogP contribution in [0.4, 0.5) is 0 Å². The molecule has 0 spiro atoms. The van der Waals surface area contributed by atoms with Crippen LogP contribution in [0.15, 0.2) is 42.5 Å². The standard InChI is InChI=1S/C16H21N3/c1-11(2)8-9-16(19-17)14-10-12(3)18-15-7-5-4-6-13(14)15/h4-7,10,16,19H,1,8-9,17H2,2-3H3. The number of nitrogens with zero attached hydrogens (tertiary/aromatic N) is 1. The van der Waals surface area contributed by atoms with Gasteiger partial charge >= 0.3 is 0 Å². The third-order valence-electron chi connectivity index (χ3n) is 3.31. The van der Waals surface area contributed by atoms with Crippen LogP contribution in [0.5, 0.6) is 0 Å². The molecule has 0 saturated heterocycles. The number of para-hydroxylation sites is 1. The van der Waals surface area contributed by atoms with E-state index in [1.165, 1.54) is 11.1 Å². The van der Waals surface area contributed by atoms with Crippen molar-refractivity contribution in [1.29, 1.82) is 0 Å². The monoisotopic (exact) mass is 255 g/mol. The summed E-state index contributed by atoms with van der Waals surface area (Å²) in [5, 5.41) is 1.16. The second-order valence-corrected chi connectivity index (χ2v) is 5.09. The Morgan fingerprint density at radius 1 is 1.42 bits per heavy atom. The smallest absolute Gasteiger partial charge is 0.0708 e. The van der Waals surface area contributed by atoms with E-state index in [1.54, 1.807) is 0 Å². The Morgan fingerprint density at radius 3 is 2.84 bits per heavy atom. The summed E-state index contributed by atoms with van der Waals surface area (Å²) in [6.07, 6.45) is 1.91. The van der Waals surface area contributed by atoms with Crippen molar-refractivity contribution in [2.45, 2.75) is 32.7 Å². The van der Waals surface area contributed by atoms with Gasteiger partial charge in [-0.3, -0.25) is 16.3 Å². The third kappa shape index (κ3) is 3.19. The van der Waals surface area contributed by atoms with Crippen molar-refractivity contribution in [1.82, 2.24) is 10.4 Å². The minimum atomic E-state index is 0.128. The topological polar surface area (TPSA) is 50.9 Å². The van der Waals surface area contributed by atoms with Crippen molar-refractivity contribution < 1.29 is 0 Å². The number of pyridine rings is 1. The molecular weight excluding hydrogens is 234 g/mol. The van der Waals surface area contributed by atoms with Gasteiger partial charge in [-0.15, -0.1) is 6.58 Å². The second-order valence-electron chi connectivity index (χ2n) is 5.09. The number of allylic oxidation sites excluding steroid dienone is 1. The van der Waals surface area contributed by atoms with Gasteiger partial charge in [0.1, 0.15) is 0 Å². The molecule has 3 heteroatoms. The van der Waals surface area contributed by atoms with Gasteiger partial charge in [-0.25, -0.2) is 0 Å². The molecule has 0 saturated carbocycles. The van der Waals surface area contributed by atoms with Crippen LogP contribution in [-0.4, -0.2) is 4.98 Å². The molecule has 3 N–H and O–H groups in total. The maximum Gasteiger partial charge on any atom is 0.0708 e. The summed E-state index contributed by atoms with van der Waals surface area (Å²) in [4.78, 5) is 4.56. The molecule has 1 heterocycles. The number of benzene rings is 1. The Bertz CT molecular complexity index is 590. The first-order valence-corrected chi connectivity index (χ1v) is 6.58. The van der Waals surface area contributed by atoms with Crippen LogP contribution >= 0.6 is 0 Å². The number of aryl methyl sites for hydroxylation is 1. The number of hydrogen-bond donors (Lipinski definition) is 2. The maximum atomic E-state index is 5.73. The van der Waals surface area contributed by atoms with E-state index < -0.39 is 0 Å². The summed E-state index contributed by atoms with van der Waals surface area (Å²) in [6, 6.07) is 10.4. The van der Waals surface area contributed by atoms with Crippen LogP contribution < -0.4 is 11.3 Å². The van der Waals surface area contributed by atoms with Gasteiger partial charge in [-0.1, -0.05) is 23.8 Å². The summed E-state index contributed by atoms with van der Waals surface area (Å²) in [6.45, 7) is 8.02. The maximum absolute atomic E-state index is 5.73. The predicted molar refractivity (Wildman–Crippen MR) is 80.6 cm³/mol. The molecule has 1 atom stereocenters. The van der Waals surface area contributed by atoms with Crippen LogP contribution in [0.25, 0.3) is 10.9 Å². The summed E-state index contributed by atoms with van der Waals surface area (Å²) >= 11 is 0. The van der Waals surface area contributed by atoms with E-state index in [9.17, 15) is 0 Å². The zero-order valence-electron chi connectivity index (χ0n) is 11.6. The average Bonchev–Trinajstić information content (AvgIpc) is 2.38. The van der Waals surface area contributed by atoms with Crippen LogP contribution in [0.1, 0.15) is 37.1 Å². The summed E-state index contributed by atoms with van der Waals surface area (Å²) in [5.41, 5.74) is 7.35. The first-order valence-electron chi connectivity index (χ1n) is 6.58. The Labute approximate surface area is 114 Å². The lowest BCUT2D eigenvalue weighted by molar-refractivity contribution is 0.518. The van der Waals surface area contributed by atoms with Crippen molar-refractivity contribution in [3.63, 3.8) is 0 Å². The summed E-state index contributed by atoms with van der Waals surface area (Å²) < 4.78 is 0. The summed E-state index contributed by atoms with van der Waals surface area (Å²) in [7, 11) is 0. The highest BCUT2D eigenvalue weighted by Gasteiger charge is 2.14. The van der Waals surface area contributed by atoms with Gasteiger partial charge < -0.3 is 0 Å².